The number of fused-ring (bicyclic) bond motifs is 4. The second-order valence-electron chi connectivity index (χ2n) is 17.7. The number of nitrogens with one attached hydrogen (secondary N) is 9. The molecule has 4 saturated heterocycles. The highest BCUT2D eigenvalue weighted by Gasteiger charge is 2.36. The Labute approximate surface area is 444 Å². The van der Waals surface area contributed by atoms with Crippen LogP contribution < -0.4 is 26.6 Å². The molecule has 0 bridgehead atoms. The summed E-state index contributed by atoms with van der Waals surface area (Å²) in [5, 5.41) is 21.4. The Kier molecular flexibility index (Phi) is 14.8. The first kappa shape index (κ1) is 50.6. The van der Waals surface area contributed by atoms with E-state index in [9.17, 15) is 24.0 Å². The molecule has 9 N–H and O–H groups in total. The van der Waals surface area contributed by atoms with Crippen molar-refractivity contribution in [1.29, 1.82) is 0 Å². The van der Waals surface area contributed by atoms with Gasteiger partial charge in [0, 0.05) is 104 Å². The number of para-hydroxylation sites is 4. The van der Waals surface area contributed by atoms with Crippen molar-refractivity contribution in [1.82, 2.24) is 61.2 Å². The maximum atomic E-state index is 12.0. The summed E-state index contributed by atoms with van der Waals surface area (Å²) >= 11 is 27.3. The number of imide groups is 1. The molecule has 0 aliphatic carbocycles. The van der Waals surface area contributed by atoms with Gasteiger partial charge in [0.25, 0.3) is 17.7 Å². The average molecular weight is 1080 g/mol. The van der Waals surface area contributed by atoms with Crippen molar-refractivity contribution in [2.45, 2.75) is 49.9 Å². The fourth-order valence-electron chi connectivity index (χ4n) is 9.11. The second-order valence-corrected chi connectivity index (χ2v) is 19.7. The van der Waals surface area contributed by atoms with Crippen molar-refractivity contribution in [3.63, 3.8) is 0 Å². The quantitative estimate of drug-likeness (QED) is 0.0591. The Morgan fingerprint density at radius 1 is 0.452 bits per heavy atom. The van der Waals surface area contributed by atoms with Crippen molar-refractivity contribution in [3.05, 3.63) is 142 Å². The van der Waals surface area contributed by atoms with Gasteiger partial charge in [0.05, 0.1) is 21.1 Å². The normalized spacial score (nSPS) is 19.4. The number of nitrogens with zero attached hydrogens (tertiary/aromatic N) is 3. The first-order valence-electron chi connectivity index (χ1n) is 23.0. The molecule has 0 radical (unpaired) electrons. The summed E-state index contributed by atoms with van der Waals surface area (Å²) in [5.74, 6) is -0.228. The minimum atomic E-state index is -0.504. The van der Waals surface area contributed by atoms with Crippen LogP contribution in [-0.4, -0.2) is 125 Å². The number of amides is 6. The lowest BCUT2D eigenvalue weighted by molar-refractivity contribution is -0.127. The maximum Gasteiger partial charge on any atom is 0.324 e. The molecule has 8 aromatic rings. The molecule has 4 aliphatic heterocycles. The zero-order valence-electron chi connectivity index (χ0n) is 39.4. The molecular formula is C51H48Cl2N12O5S3. The molecule has 4 unspecified atom stereocenters. The van der Waals surface area contributed by atoms with Crippen molar-refractivity contribution in [2.24, 2.45) is 0 Å². The van der Waals surface area contributed by atoms with Gasteiger partial charge in [-0.2, -0.15) is 0 Å². The SMILES string of the molecule is CN1C(=O)C(Cc2c[nH]c3c(Cl)cccc23)NC1=S.CN1C(=O)C(Cc2c[nH]c3ccccc23)NC1=S.CN1C(=O)NC(Cc2c[nH]c3c(Cl)cccc23)C1=O.O=C1NC(=S)NC1Cc1c[nH]c2ccccc12. The smallest absolute Gasteiger partial charge is 0.324 e. The summed E-state index contributed by atoms with van der Waals surface area (Å²) in [7, 11) is 4.86. The van der Waals surface area contributed by atoms with Crippen LogP contribution in [0.3, 0.4) is 0 Å². The number of benzene rings is 4. The number of urea groups is 1. The average Bonchev–Trinajstić information content (AvgIpc) is 4.29. The highest BCUT2D eigenvalue weighted by molar-refractivity contribution is 7.80. The maximum absolute atomic E-state index is 12.0. The van der Waals surface area contributed by atoms with Gasteiger partial charge in [0.1, 0.15) is 24.2 Å². The number of aromatic nitrogens is 4. The van der Waals surface area contributed by atoms with Crippen LogP contribution >= 0.6 is 59.9 Å². The molecule has 73 heavy (non-hydrogen) atoms. The molecule has 4 aromatic heterocycles. The fraction of sp³-hybridized carbons (Fsp3) is 0.216. The first-order valence-corrected chi connectivity index (χ1v) is 25.0. The molecule has 17 nitrogen and oxygen atoms in total. The molecular weight excluding hydrogens is 1030 g/mol. The van der Waals surface area contributed by atoms with E-state index < -0.39 is 6.04 Å². The molecule has 374 valence electrons. The standard InChI is InChI=1S/C13H12ClN3O2.C13H12ClN3OS.C13H13N3OS.C12H11N3OS/c2*1-17-12(18)10(16-13(17)19)5-7-6-15-11-8(7)3-2-4-9(11)14;1-16-12(17)11(15-13(16)18)6-8-7-14-10-5-3-2-4-9(8)10;16-11-10(14-12(17)15-11)5-7-6-13-9-4-2-1-3-8(7)9/h2*2-4,6,10,15H,5H2,1H3,(H,16,19);2-5,7,11,14H,6H2,1H3,(H,15,18);1-4,6,10,13H,5H2,(H2,14,15,16,17). The van der Waals surface area contributed by atoms with Crippen LogP contribution in [-0.2, 0) is 44.9 Å². The van der Waals surface area contributed by atoms with Gasteiger partial charge < -0.3 is 46.5 Å². The van der Waals surface area contributed by atoms with Crippen LogP contribution in [0.25, 0.3) is 43.6 Å². The van der Waals surface area contributed by atoms with Crippen LogP contribution in [0.5, 0.6) is 0 Å². The van der Waals surface area contributed by atoms with Crippen LogP contribution in [0, 0.1) is 0 Å². The zero-order valence-corrected chi connectivity index (χ0v) is 43.4. The van der Waals surface area contributed by atoms with E-state index in [0.717, 1.165) is 70.8 Å². The van der Waals surface area contributed by atoms with E-state index in [-0.39, 0.29) is 47.8 Å². The number of H-pyrrole nitrogens is 4. The van der Waals surface area contributed by atoms with E-state index in [2.05, 4.69) is 52.6 Å². The number of halogens is 2. The van der Waals surface area contributed by atoms with Crippen LogP contribution in [0.15, 0.2) is 110 Å². The third-order valence-electron chi connectivity index (χ3n) is 13.1. The molecule has 12 rings (SSSR count). The van der Waals surface area contributed by atoms with Crippen LogP contribution in [0.2, 0.25) is 10.0 Å². The van der Waals surface area contributed by atoms with E-state index in [1.165, 1.54) is 16.8 Å². The topological polar surface area (TPSA) is 218 Å². The van der Waals surface area contributed by atoms with E-state index in [0.29, 0.717) is 51.1 Å². The third-order valence-corrected chi connectivity index (χ3v) is 14.7. The van der Waals surface area contributed by atoms with Gasteiger partial charge in [0.2, 0.25) is 5.91 Å². The number of hydrogen-bond acceptors (Lipinski definition) is 8. The van der Waals surface area contributed by atoms with E-state index in [1.807, 2.05) is 97.6 Å². The summed E-state index contributed by atoms with van der Waals surface area (Å²) in [6, 6.07) is 25.8. The molecule has 8 heterocycles. The number of aromatic amines is 4. The fourth-order valence-corrected chi connectivity index (χ4v) is 10.3. The number of thiocarbonyl (C=S) groups is 3. The molecule has 4 atom stereocenters. The largest absolute Gasteiger partial charge is 0.361 e. The van der Waals surface area contributed by atoms with Gasteiger partial charge in [-0.15, -0.1) is 0 Å². The molecule has 0 spiro atoms. The monoisotopic (exact) mass is 1070 g/mol. The zero-order chi connectivity index (χ0) is 51.7. The summed E-state index contributed by atoms with van der Waals surface area (Å²) in [4.78, 5) is 75.5. The van der Waals surface area contributed by atoms with Crippen molar-refractivity contribution >= 4 is 148 Å². The molecule has 0 saturated carbocycles. The Balaban J connectivity index is 0.000000120. The summed E-state index contributed by atoms with van der Waals surface area (Å²) in [6.45, 7) is 0. The van der Waals surface area contributed by atoms with E-state index in [4.69, 9.17) is 59.9 Å². The Bertz CT molecular complexity index is 3400. The summed E-state index contributed by atoms with van der Waals surface area (Å²) in [5.41, 5.74) is 8.21. The molecule has 22 heteroatoms. The Morgan fingerprint density at radius 2 is 0.836 bits per heavy atom. The second kappa shape index (κ2) is 21.4. The molecule has 4 fully saturated rings. The molecule has 4 aromatic carbocycles. The van der Waals surface area contributed by atoms with Gasteiger partial charge in [-0.1, -0.05) is 83.9 Å². The third kappa shape index (κ3) is 10.6. The van der Waals surface area contributed by atoms with Gasteiger partial charge in [-0.3, -0.25) is 33.9 Å². The lowest BCUT2D eigenvalue weighted by Crippen LogP contribution is -2.31. The van der Waals surface area contributed by atoms with Crippen molar-refractivity contribution in [3.8, 4) is 0 Å². The molecule has 6 amide bonds. The van der Waals surface area contributed by atoms with E-state index in [1.54, 1.807) is 20.2 Å². The number of hydrogen-bond donors (Lipinski definition) is 9. The predicted molar refractivity (Wildman–Crippen MR) is 295 cm³/mol. The lowest BCUT2D eigenvalue weighted by atomic mass is 10.1. The highest BCUT2D eigenvalue weighted by atomic mass is 35.5. The van der Waals surface area contributed by atoms with Gasteiger partial charge in [-0.25, -0.2) is 4.79 Å². The molecule has 4 aliphatic rings. The Hall–Kier alpha value is -7.36. The number of rotatable bonds is 8. The number of carbonyl (C=O) groups is 5. The minimum Gasteiger partial charge on any atom is -0.361 e. The van der Waals surface area contributed by atoms with Crippen molar-refractivity contribution in [2.75, 3.05) is 21.1 Å². The van der Waals surface area contributed by atoms with Crippen LogP contribution in [0.1, 0.15) is 22.3 Å². The predicted octanol–water partition coefficient (Wildman–Crippen LogP) is 6.50. The van der Waals surface area contributed by atoms with Gasteiger partial charge in [0.15, 0.2) is 15.3 Å². The summed E-state index contributed by atoms with van der Waals surface area (Å²) < 4.78 is 0. The summed E-state index contributed by atoms with van der Waals surface area (Å²) in [6.07, 6.45) is 9.95. The van der Waals surface area contributed by atoms with Gasteiger partial charge in [-0.05, 0) is 83.2 Å². The lowest BCUT2D eigenvalue weighted by Gasteiger charge is -2.07. The van der Waals surface area contributed by atoms with E-state index >= 15 is 0 Å². The van der Waals surface area contributed by atoms with Gasteiger partial charge >= 0.3 is 6.03 Å². The number of likely N-dealkylation sites (N-methyl/N-ethyl adjacent to an activating group) is 3. The highest BCUT2D eigenvalue weighted by Crippen LogP contribution is 2.29. The van der Waals surface area contributed by atoms with Crippen molar-refractivity contribution < 1.29 is 24.0 Å². The number of carbonyl (C=O) groups excluding carboxylic acids is 5. The van der Waals surface area contributed by atoms with Crippen LogP contribution in [0.4, 0.5) is 4.79 Å². The Morgan fingerprint density at radius 3 is 1.23 bits per heavy atom. The first-order chi connectivity index (χ1) is 35.1. The minimum absolute atomic E-state index is 0.00128.